The lowest BCUT2D eigenvalue weighted by Gasteiger charge is -2.01. The minimum absolute atomic E-state index is 0.00779. The van der Waals surface area contributed by atoms with E-state index >= 15 is 0 Å². The molecule has 0 aliphatic rings. The highest BCUT2D eigenvalue weighted by molar-refractivity contribution is 5.93. The van der Waals surface area contributed by atoms with Gasteiger partial charge in [-0.2, -0.15) is 0 Å². The van der Waals surface area contributed by atoms with Gasteiger partial charge < -0.3 is 20.0 Å². The van der Waals surface area contributed by atoms with Crippen LogP contribution >= 0.6 is 0 Å². The summed E-state index contributed by atoms with van der Waals surface area (Å²) in [5.74, 6) is -0.306. The lowest BCUT2D eigenvalue weighted by molar-refractivity contribution is -0.140. The molecule has 6 nitrogen and oxygen atoms in total. The third kappa shape index (κ3) is 3.53. The molecule has 1 aromatic carbocycles. The van der Waals surface area contributed by atoms with Gasteiger partial charge in [0.2, 0.25) is 0 Å². The van der Waals surface area contributed by atoms with Crippen molar-refractivity contribution in [3.8, 4) is 0 Å². The highest BCUT2D eigenvalue weighted by atomic mass is 16.5. The van der Waals surface area contributed by atoms with Crippen molar-refractivity contribution in [1.82, 2.24) is 0 Å². The molecule has 0 radical (unpaired) electrons. The minimum Gasteiger partial charge on any atom is -0.481 e. The average Bonchev–Trinajstić information content (AvgIpc) is 2.78. The van der Waals surface area contributed by atoms with Gasteiger partial charge in [-0.1, -0.05) is 12.1 Å². The number of carboxylic acids is 1. The van der Waals surface area contributed by atoms with Gasteiger partial charge in [-0.3, -0.25) is 9.59 Å². The zero-order valence-corrected chi connectivity index (χ0v) is 11.7. The highest BCUT2D eigenvalue weighted by Crippen LogP contribution is 2.30. The van der Waals surface area contributed by atoms with E-state index in [2.05, 4.69) is 4.74 Å². The first kappa shape index (κ1) is 14.9. The number of carbonyl (C=O) groups is 2. The Morgan fingerprint density at radius 1 is 1.24 bits per heavy atom. The number of methoxy groups -OCH3 is 1. The van der Waals surface area contributed by atoms with Gasteiger partial charge >= 0.3 is 11.9 Å². The van der Waals surface area contributed by atoms with Crippen LogP contribution in [0.3, 0.4) is 0 Å². The molecule has 2 aromatic rings. The number of anilines is 1. The fraction of sp³-hybridized carbons (Fsp3) is 0.333. The van der Waals surface area contributed by atoms with Gasteiger partial charge in [0.15, 0.2) is 5.88 Å². The molecule has 0 unspecified atom stereocenters. The number of aliphatic carboxylic acids is 1. The van der Waals surface area contributed by atoms with Gasteiger partial charge in [0.1, 0.15) is 5.76 Å². The van der Waals surface area contributed by atoms with Gasteiger partial charge in [-0.05, 0) is 18.1 Å². The van der Waals surface area contributed by atoms with Crippen molar-refractivity contribution in [2.24, 2.45) is 0 Å². The molecule has 112 valence electrons. The summed E-state index contributed by atoms with van der Waals surface area (Å²) in [7, 11) is 1.36. The summed E-state index contributed by atoms with van der Waals surface area (Å²) in [6.07, 6.45) is 1.14. The molecular weight excluding hydrogens is 274 g/mol. The summed E-state index contributed by atoms with van der Waals surface area (Å²) in [6, 6.07) is 5.59. The maximum atomic E-state index is 11.1. The molecular formula is C15H17NO5. The van der Waals surface area contributed by atoms with E-state index in [0.29, 0.717) is 25.0 Å². The van der Waals surface area contributed by atoms with Gasteiger partial charge in [0.25, 0.3) is 0 Å². The molecule has 0 amide bonds. The SMILES string of the molecule is COC(=O)CCc1ccc2c(CCC(=O)O)oc(N)c2c1. The minimum atomic E-state index is -0.882. The van der Waals surface area contributed by atoms with E-state index in [-0.39, 0.29) is 18.3 Å². The lowest BCUT2D eigenvalue weighted by atomic mass is 10.0. The number of fused-ring (bicyclic) bond motifs is 1. The Hall–Kier alpha value is -2.50. The highest BCUT2D eigenvalue weighted by Gasteiger charge is 2.13. The fourth-order valence-corrected chi connectivity index (χ4v) is 2.19. The van der Waals surface area contributed by atoms with E-state index in [0.717, 1.165) is 16.3 Å². The Morgan fingerprint density at radius 2 is 2.00 bits per heavy atom. The van der Waals surface area contributed by atoms with Gasteiger partial charge in [-0.25, -0.2) is 0 Å². The maximum Gasteiger partial charge on any atom is 0.305 e. The maximum absolute atomic E-state index is 11.1. The van der Waals surface area contributed by atoms with E-state index < -0.39 is 5.97 Å². The van der Waals surface area contributed by atoms with Crippen molar-refractivity contribution in [3.05, 3.63) is 29.5 Å². The summed E-state index contributed by atoms with van der Waals surface area (Å²) in [6.45, 7) is 0. The Bertz CT molecular complexity index is 674. The summed E-state index contributed by atoms with van der Waals surface area (Å²) in [5.41, 5.74) is 6.78. The number of nitrogens with two attached hydrogens (primary N) is 1. The summed E-state index contributed by atoms with van der Waals surface area (Å²) >= 11 is 0. The molecule has 0 fully saturated rings. The van der Waals surface area contributed by atoms with Gasteiger partial charge in [0, 0.05) is 23.6 Å². The first-order valence-electron chi connectivity index (χ1n) is 6.59. The number of hydrogen-bond acceptors (Lipinski definition) is 5. The van der Waals surface area contributed by atoms with Gasteiger partial charge in [-0.15, -0.1) is 0 Å². The molecule has 3 N–H and O–H groups in total. The van der Waals surface area contributed by atoms with Crippen molar-refractivity contribution in [3.63, 3.8) is 0 Å². The largest absolute Gasteiger partial charge is 0.481 e. The zero-order valence-electron chi connectivity index (χ0n) is 11.7. The Kier molecular flexibility index (Phi) is 4.47. The first-order chi connectivity index (χ1) is 10.0. The number of ether oxygens (including phenoxy) is 1. The number of nitrogen functional groups attached to an aromatic ring is 1. The molecule has 0 saturated carbocycles. The number of benzene rings is 1. The molecule has 0 atom stereocenters. The summed E-state index contributed by atoms with van der Waals surface area (Å²) in [5, 5.41) is 10.3. The smallest absolute Gasteiger partial charge is 0.305 e. The van der Waals surface area contributed by atoms with Crippen LogP contribution in [0.2, 0.25) is 0 Å². The Balaban J connectivity index is 2.21. The van der Waals surface area contributed by atoms with Crippen LogP contribution in [-0.2, 0) is 27.2 Å². The van der Waals surface area contributed by atoms with Gasteiger partial charge in [0.05, 0.1) is 13.5 Å². The second kappa shape index (κ2) is 6.30. The van der Waals surface area contributed by atoms with E-state index in [1.807, 2.05) is 18.2 Å². The number of hydrogen-bond donors (Lipinski definition) is 2. The number of carboxylic acid groups (broad SMARTS) is 1. The van der Waals surface area contributed by atoms with Crippen LogP contribution in [0.25, 0.3) is 10.8 Å². The normalized spacial score (nSPS) is 10.7. The Morgan fingerprint density at radius 3 is 2.67 bits per heavy atom. The molecule has 6 heteroatoms. The predicted octanol–water partition coefficient (Wildman–Crippen LogP) is 2.14. The van der Waals surface area contributed by atoms with Crippen molar-refractivity contribution < 1.29 is 23.8 Å². The molecule has 1 aromatic heterocycles. The number of esters is 1. The number of furan rings is 1. The monoisotopic (exact) mass is 291 g/mol. The molecule has 2 rings (SSSR count). The lowest BCUT2D eigenvalue weighted by Crippen LogP contribution is -2.01. The van der Waals surface area contributed by atoms with Crippen LogP contribution in [0.1, 0.15) is 24.2 Å². The molecule has 1 heterocycles. The Labute approximate surface area is 121 Å². The number of rotatable bonds is 6. The summed E-state index contributed by atoms with van der Waals surface area (Å²) < 4.78 is 10.0. The topological polar surface area (TPSA) is 103 Å². The van der Waals surface area contributed by atoms with E-state index in [1.54, 1.807) is 0 Å². The predicted molar refractivity (Wildman–Crippen MR) is 76.9 cm³/mol. The second-order valence-corrected chi connectivity index (χ2v) is 4.74. The van der Waals surface area contributed by atoms with Crippen LogP contribution < -0.4 is 5.73 Å². The van der Waals surface area contributed by atoms with Crippen molar-refractivity contribution in [2.75, 3.05) is 12.8 Å². The zero-order chi connectivity index (χ0) is 15.4. The molecule has 0 spiro atoms. The molecule has 0 bridgehead atoms. The fourth-order valence-electron chi connectivity index (χ4n) is 2.19. The van der Waals surface area contributed by atoms with Crippen LogP contribution in [0, 0.1) is 0 Å². The van der Waals surface area contributed by atoms with E-state index in [1.165, 1.54) is 7.11 Å². The first-order valence-corrected chi connectivity index (χ1v) is 6.59. The quantitative estimate of drug-likeness (QED) is 0.790. The van der Waals surface area contributed by atoms with Crippen molar-refractivity contribution in [2.45, 2.75) is 25.7 Å². The van der Waals surface area contributed by atoms with Crippen LogP contribution in [0.4, 0.5) is 5.88 Å². The number of aryl methyl sites for hydroxylation is 2. The van der Waals surface area contributed by atoms with Crippen LogP contribution in [0.15, 0.2) is 22.6 Å². The van der Waals surface area contributed by atoms with Crippen LogP contribution in [0.5, 0.6) is 0 Å². The standard InChI is InChI=1S/C15H17NO5/c1-20-14(19)7-3-9-2-4-10-11(8-9)15(16)21-12(10)5-6-13(17)18/h2,4,8H,3,5-7,16H2,1H3,(H,17,18). The van der Waals surface area contributed by atoms with Crippen molar-refractivity contribution in [1.29, 1.82) is 0 Å². The molecule has 0 aliphatic carbocycles. The average molecular weight is 291 g/mol. The second-order valence-electron chi connectivity index (χ2n) is 4.74. The molecule has 0 aliphatic heterocycles. The number of carbonyl (C=O) groups excluding carboxylic acids is 1. The molecule has 0 saturated heterocycles. The third-order valence-electron chi connectivity index (χ3n) is 3.29. The van der Waals surface area contributed by atoms with Crippen LogP contribution in [-0.4, -0.2) is 24.2 Å². The molecule has 21 heavy (non-hydrogen) atoms. The van der Waals surface area contributed by atoms with E-state index in [9.17, 15) is 9.59 Å². The van der Waals surface area contributed by atoms with E-state index in [4.69, 9.17) is 15.3 Å². The van der Waals surface area contributed by atoms with Crippen molar-refractivity contribution >= 4 is 28.6 Å². The summed E-state index contributed by atoms with van der Waals surface area (Å²) in [4.78, 5) is 21.8. The third-order valence-corrected chi connectivity index (χ3v) is 3.29.